The summed E-state index contributed by atoms with van der Waals surface area (Å²) >= 11 is 0. The zero-order chi connectivity index (χ0) is 19.1. The average Bonchev–Trinajstić information content (AvgIpc) is 3.35. The van der Waals surface area contributed by atoms with Crippen molar-refractivity contribution in [2.24, 2.45) is 5.41 Å². The summed E-state index contributed by atoms with van der Waals surface area (Å²) in [6.07, 6.45) is 1.17. The molecule has 0 radical (unpaired) electrons. The number of aryl methyl sites for hydroxylation is 5. The predicted octanol–water partition coefficient (Wildman–Crippen LogP) is 4.59. The molecule has 1 aliphatic carbocycles. The van der Waals surface area contributed by atoms with Crippen molar-refractivity contribution in [3.05, 3.63) is 58.1 Å². The van der Waals surface area contributed by atoms with Crippen molar-refractivity contribution in [2.45, 2.75) is 47.5 Å². The lowest BCUT2D eigenvalue weighted by Gasteiger charge is -2.19. The SMILES string of the molecule is Cc1ccc(NC(=O)C2(C(=O)Nc3c(C)cc(C)cc3C)CC2)c(C)c1. The van der Waals surface area contributed by atoms with E-state index >= 15 is 0 Å². The van der Waals surface area contributed by atoms with Gasteiger partial charge in [-0.1, -0.05) is 35.4 Å². The molecular weight excluding hydrogens is 324 g/mol. The van der Waals surface area contributed by atoms with Gasteiger partial charge in [0.25, 0.3) is 0 Å². The highest BCUT2D eigenvalue weighted by Crippen LogP contribution is 2.48. The number of carbonyl (C=O) groups excluding carboxylic acids is 2. The second kappa shape index (κ2) is 6.60. The number of amides is 2. The van der Waals surface area contributed by atoms with E-state index in [9.17, 15) is 9.59 Å². The van der Waals surface area contributed by atoms with Crippen molar-refractivity contribution in [3.8, 4) is 0 Å². The highest BCUT2D eigenvalue weighted by Gasteiger charge is 2.56. The van der Waals surface area contributed by atoms with Gasteiger partial charge in [-0.3, -0.25) is 9.59 Å². The quantitative estimate of drug-likeness (QED) is 0.793. The summed E-state index contributed by atoms with van der Waals surface area (Å²) in [4.78, 5) is 25.7. The summed E-state index contributed by atoms with van der Waals surface area (Å²) in [7, 11) is 0. The molecule has 1 aliphatic rings. The van der Waals surface area contributed by atoms with Crippen LogP contribution in [0.25, 0.3) is 0 Å². The lowest BCUT2D eigenvalue weighted by molar-refractivity contribution is -0.131. The fourth-order valence-electron chi connectivity index (χ4n) is 3.49. The van der Waals surface area contributed by atoms with E-state index < -0.39 is 5.41 Å². The summed E-state index contributed by atoms with van der Waals surface area (Å²) in [5, 5.41) is 5.94. The number of nitrogens with one attached hydrogen (secondary N) is 2. The minimum Gasteiger partial charge on any atom is -0.325 e. The molecule has 0 heterocycles. The lowest BCUT2D eigenvalue weighted by Crippen LogP contribution is -2.36. The van der Waals surface area contributed by atoms with Gasteiger partial charge >= 0.3 is 0 Å². The second-order valence-corrected chi connectivity index (χ2v) is 7.58. The summed E-state index contributed by atoms with van der Waals surface area (Å²) < 4.78 is 0. The number of hydrogen-bond acceptors (Lipinski definition) is 2. The molecule has 0 aliphatic heterocycles. The van der Waals surface area contributed by atoms with Crippen molar-refractivity contribution in [1.29, 1.82) is 0 Å². The van der Waals surface area contributed by atoms with Gasteiger partial charge in [0.05, 0.1) is 0 Å². The minimum atomic E-state index is -0.957. The van der Waals surface area contributed by atoms with Crippen LogP contribution in [0.4, 0.5) is 11.4 Å². The predicted molar refractivity (Wildman–Crippen MR) is 105 cm³/mol. The fourth-order valence-corrected chi connectivity index (χ4v) is 3.49. The summed E-state index contributed by atoms with van der Waals surface area (Å²) in [6.45, 7) is 9.96. The van der Waals surface area contributed by atoms with Crippen LogP contribution in [-0.2, 0) is 9.59 Å². The molecule has 2 N–H and O–H groups in total. The van der Waals surface area contributed by atoms with Crippen molar-refractivity contribution < 1.29 is 9.59 Å². The average molecular weight is 350 g/mol. The lowest BCUT2D eigenvalue weighted by atomic mass is 10.0. The van der Waals surface area contributed by atoms with Crippen LogP contribution < -0.4 is 10.6 Å². The number of rotatable bonds is 4. The van der Waals surface area contributed by atoms with E-state index in [-0.39, 0.29) is 11.8 Å². The maximum absolute atomic E-state index is 12.9. The Labute approximate surface area is 155 Å². The molecule has 0 bridgehead atoms. The molecule has 3 rings (SSSR count). The summed E-state index contributed by atoms with van der Waals surface area (Å²) in [5.74, 6) is -0.431. The number of anilines is 2. The van der Waals surface area contributed by atoms with Gasteiger partial charge in [-0.2, -0.15) is 0 Å². The Bertz CT molecular complexity index is 872. The molecule has 2 aromatic carbocycles. The van der Waals surface area contributed by atoms with Crippen molar-refractivity contribution in [2.75, 3.05) is 10.6 Å². The highest BCUT2D eigenvalue weighted by molar-refractivity contribution is 6.17. The van der Waals surface area contributed by atoms with Crippen LogP contribution in [-0.4, -0.2) is 11.8 Å². The van der Waals surface area contributed by atoms with E-state index in [0.29, 0.717) is 12.8 Å². The largest absolute Gasteiger partial charge is 0.325 e. The van der Waals surface area contributed by atoms with E-state index in [1.54, 1.807) is 0 Å². The zero-order valence-electron chi connectivity index (χ0n) is 16.1. The van der Waals surface area contributed by atoms with Gasteiger partial charge in [-0.15, -0.1) is 0 Å². The highest BCUT2D eigenvalue weighted by atomic mass is 16.2. The normalized spacial score (nSPS) is 14.7. The molecule has 0 atom stereocenters. The third-order valence-corrected chi connectivity index (χ3v) is 5.16. The number of hydrogen-bond donors (Lipinski definition) is 2. The van der Waals surface area contributed by atoms with Gasteiger partial charge in [-0.05, 0) is 70.2 Å². The van der Waals surface area contributed by atoms with Gasteiger partial charge in [0.1, 0.15) is 5.41 Å². The Balaban J connectivity index is 1.78. The van der Waals surface area contributed by atoms with Gasteiger partial charge in [0, 0.05) is 11.4 Å². The molecule has 1 fully saturated rings. The van der Waals surface area contributed by atoms with Crippen molar-refractivity contribution >= 4 is 23.2 Å². The zero-order valence-corrected chi connectivity index (χ0v) is 16.1. The summed E-state index contributed by atoms with van der Waals surface area (Å²) in [6, 6.07) is 9.95. The first kappa shape index (κ1) is 18.2. The molecule has 26 heavy (non-hydrogen) atoms. The topological polar surface area (TPSA) is 58.2 Å². The molecule has 136 valence electrons. The molecule has 1 saturated carbocycles. The smallest absolute Gasteiger partial charge is 0.240 e. The second-order valence-electron chi connectivity index (χ2n) is 7.58. The Morgan fingerprint density at radius 3 is 1.85 bits per heavy atom. The molecule has 4 heteroatoms. The van der Waals surface area contributed by atoms with Crippen LogP contribution in [0, 0.1) is 40.0 Å². The van der Waals surface area contributed by atoms with Crippen LogP contribution in [0.15, 0.2) is 30.3 Å². The molecule has 0 spiro atoms. The van der Waals surface area contributed by atoms with Crippen LogP contribution in [0.1, 0.15) is 40.7 Å². The van der Waals surface area contributed by atoms with E-state index in [1.807, 2.05) is 65.0 Å². The van der Waals surface area contributed by atoms with E-state index in [0.717, 1.165) is 39.2 Å². The number of carbonyl (C=O) groups is 2. The van der Waals surface area contributed by atoms with E-state index in [1.165, 1.54) is 0 Å². The molecular formula is C22H26N2O2. The summed E-state index contributed by atoms with van der Waals surface area (Å²) in [5.41, 5.74) is 5.95. The van der Waals surface area contributed by atoms with Gasteiger partial charge in [-0.25, -0.2) is 0 Å². The first-order valence-electron chi connectivity index (χ1n) is 9.01. The first-order valence-corrected chi connectivity index (χ1v) is 9.01. The molecule has 0 aromatic heterocycles. The third-order valence-electron chi connectivity index (χ3n) is 5.16. The standard InChI is InChI=1S/C22H26N2O2/c1-13-6-7-18(15(3)10-13)23-20(25)22(8-9-22)21(26)24-19-16(4)11-14(2)12-17(19)5/h6-7,10-12H,8-9H2,1-5H3,(H,23,25)(H,24,26). The Morgan fingerprint density at radius 2 is 1.31 bits per heavy atom. The first-order chi connectivity index (χ1) is 12.2. The molecule has 0 unspecified atom stereocenters. The van der Waals surface area contributed by atoms with Crippen LogP contribution in [0.5, 0.6) is 0 Å². The van der Waals surface area contributed by atoms with Crippen molar-refractivity contribution in [3.63, 3.8) is 0 Å². The van der Waals surface area contributed by atoms with Crippen LogP contribution in [0.2, 0.25) is 0 Å². The molecule has 4 nitrogen and oxygen atoms in total. The monoisotopic (exact) mass is 350 g/mol. The van der Waals surface area contributed by atoms with Gasteiger partial charge in [0.15, 0.2) is 0 Å². The maximum atomic E-state index is 12.9. The van der Waals surface area contributed by atoms with Crippen LogP contribution >= 0.6 is 0 Å². The van der Waals surface area contributed by atoms with Gasteiger partial charge in [0.2, 0.25) is 11.8 Å². The Hall–Kier alpha value is -2.62. The van der Waals surface area contributed by atoms with Crippen molar-refractivity contribution in [1.82, 2.24) is 0 Å². The molecule has 2 aromatic rings. The molecule has 2 amide bonds. The number of benzene rings is 2. The third kappa shape index (κ3) is 3.36. The van der Waals surface area contributed by atoms with Crippen LogP contribution in [0.3, 0.4) is 0 Å². The molecule has 0 saturated heterocycles. The van der Waals surface area contributed by atoms with E-state index in [2.05, 4.69) is 10.6 Å². The Morgan fingerprint density at radius 1 is 0.769 bits per heavy atom. The Kier molecular flexibility index (Phi) is 4.61. The minimum absolute atomic E-state index is 0.213. The van der Waals surface area contributed by atoms with E-state index in [4.69, 9.17) is 0 Å². The fraction of sp³-hybridized carbons (Fsp3) is 0.364. The maximum Gasteiger partial charge on any atom is 0.240 e. The van der Waals surface area contributed by atoms with Gasteiger partial charge < -0.3 is 10.6 Å².